The molecule has 0 amide bonds. The van der Waals surface area contributed by atoms with Gasteiger partial charge in [-0.25, -0.2) is 0 Å². The average molecular weight is 296 g/mol. The topological polar surface area (TPSA) is 35.5 Å². The lowest BCUT2D eigenvalue weighted by Gasteiger charge is -2.14. The second-order valence-electron chi connectivity index (χ2n) is 4.39. The summed E-state index contributed by atoms with van der Waals surface area (Å²) in [7, 11) is 0. The maximum atomic E-state index is 11.2. The van der Waals surface area contributed by atoms with Crippen LogP contribution in [0.5, 0.6) is 0 Å². The Bertz CT molecular complexity index is 334. The van der Waals surface area contributed by atoms with Crippen LogP contribution in [0.3, 0.4) is 0 Å². The third-order valence-corrected chi connectivity index (χ3v) is 2.31. The molecule has 0 radical (unpaired) electrons. The number of rotatable bonds is 6. The number of hydrogen-bond acceptors (Lipinski definition) is 3. The minimum Gasteiger partial charge on any atom is -0.463 e. The zero-order valence-electron chi connectivity index (χ0n) is 14.7. The molecule has 0 aliphatic heterocycles. The number of esters is 1. The quantitative estimate of drug-likeness (QED) is 0.704. The standard InChI is InChI=1S/C14H20O3.2C2H6/c1-11(2)14(15)17-9-12(3)16-10-13-7-5-4-6-8-13;2*1-2/h4-8,11-12H,9-10H2,1-3H3;2*1-2H3. The van der Waals surface area contributed by atoms with Crippen molar-refractivity contribution in [3.05, 3.63) is 35.9 Å². The maximum absolute atomic E-state index is 11.2. The van der Waals surface area contributed by atoms with Gasteiger partial charge in [-0.15, -0.1) is 0 Å². The van der Waals surface area contributed by atoms with Crippen LogP contribution in [0.15, 0.2) is 30.3 Å². The zero-order chi connectivity index (χ0) is 16.7. The van der Waals surface area contributed by atoms with E-state index in [4.69, 9.17) is 9.47 Å². The third kappa shape index (κ3) is 12.1. The molecule has 122 valence electrons. The van der Waals surface area contributed by atoms with E-state index in [1.165, 1.54) is 0 Å². The van der Waals surface area contributed by atoms with Crippen LogP contribution in [0.1, 0.15) is 54.0 Å². The highest BCUT2D eigenvalue weighted by Crippen LogP contribution is 2.04. The number of carbonyl (C=O) groups excluding carboxylic acids is 1. The highest BCUT2D eigenvalue weighted by atomic mass is 16.6. The van der Waals surface area contributed by atoms with E-state index in [2.05, 4.69) is 0 Å². The summed E-state index contributed by atoms with van der Waals surface area (Å²) in [6, 6.07) is 9.93. The van der Waals surface area contributed by atoms with Gasteiger partial charge < -0.3 is 9.47 Å². The number of hydrogen-bond donors (Lipinski definition) is 0. The Morgan fingerprint density at radius 1 is 1.00 bits per heavy atom. The second kappa shape index (κ2) is 15.0. The molecule has 1 aromatic carbocycles. The highest BCUT2D eigenvalue weighted by Gasteiger charge is 2.11. The molecule has 0 spiro atoms. The number of benzene rings is 1. The van der Waals surface area contributed by atoms with E-state index < -0.39 is 0 Å². The summed E-state index contributed by atoms with van der Waals surface area (Å²) >= 11 is 0. The molecule has 3 heteroatoms. The smallest absolute Gasteiger partial charge is 0.308 e. The van der Waals surface area contributed by atoms with Gasteiger partial charge in [-0.1, -0.05) is 71.9 Å². The summed E-state index contributed by atoms with van der Waals surface area (Å²) in [4.78, 5) is 11.2. The first kappa shape index (κ1) is 21.9. The fraction of sp³-hybridized carbons (Fsp3) is 0.611. The number of carbonyl (C=O) groups is 1. The second-order valence-corrected chi connectivity index (χ2v) is 4.39. The van der Waals surface area contributed by atoms with E-state index in [1.54, 1.807) is 0 Å². The molecule has 1 aromatic rings. The van der Waals surface area contributed by atoms with E-state index >= 15 is 0 Å². The van der Waals surface area contributed by atoms with Gasteiger partial charge in [0, 0.05) is 0 Å². The normalized spacial score (nSPS) is 10.7. The third-order valence-electron chi connectivity index (χ3n) is 2.31. The Balaban J connectivity index is 0. The van der Waals surface area contributed by atoms with Gasteiger partial charge in [0.2, 0.25) is 0 Å². The SMILES string of the molecule is CC.CC.CC(COC(=O)C(C)C)OCc1ccccc1. The lowest BCUT2D eigenvalue weighted by atomic mass is 10.2. The molecule has 0 heterocycles. The Kier molecular flexibility index (Phi) is 15.7. The molecule has 0 saturated carbocycles. The summed E-state index contributed by atoms with van der Waals surface area (Å²) in [5.41, 5.74) is 1.12. The molecule has 1 rings (SSSR count). The first-order valence-corrected chi connectivity index (χ1v) is 7.91. The van der Waals surface area contributed by atoms with Crippen molar-refractivity contribution in [2.45, 2.75) is 61.2 Å². The first-order chi connectivity index (χ1) is 10.1. The molecule has 0 saturated heterocycles. The fourth-order valence-corrected chi connectivity index (χ4v) is 1.23. The monoisotopic (exact) mass is 296 g/mol. The zero-order valence-corrected chi connectivity index (χ0v) is 14.7. The molecule has 3 nitrogen and oxygen atoms in total. The van der Waals surface area contributed by atoms with Crippen molar-refractivity contribution in [1.29, 1.82) is 0 Å². The minimum absolute atomic E-state index is 0.0853. The van der Waals surface area contributed by atoms with Crippen LogP contribution >= 0.6 is 0 Å². The van der Waals surface area contributed by atoms with Crippen molar-refractivity contribution in [2.75, 3.05) is 6.61 Å². The highest BCUT2D eigenvalue weighted by molar-refractivity contribution is 5.71. The largest absolute Gasteiger partial charge is 0.463 e. The maximum Gasteiger partial charge on any atom is 0.308 e. The lowest BCUT2D eigenvalue weighted by Crippen LogP contribution is -2.21. The molecule has 1 atom stereocenters. The van der Waals surface area contributed by atoms with Crippen LogP contribution in [-0.2, 0) is 20.9 Å². The summed E-state index contributed by atoms with van der Waals surface area (Å²) in [5, 5.41) is 0. The van der Waals surface area contributed by atoms with Crippen molar-refractivity contribution in [1.82, 2.24) is 0 Å². The van der Waals surface area contributed by atoms with Crippen LogP contribution in [0, 0.1) is 5.92 Å². The molecular formula is C18H32O3. The lowest BCUT2D eigenvalue weighted by molar-refractivity contribution is -0.151. The molecular weight excluding hydrogens is 264 g/mol. The summed E-state index contributed by atoms with van der Waals surface area (Å²) in [5.74, 6) is -0.267. The van der Waals surface area contributed by atoms with Crippen molar-refractivity contribution in [3.63, 3.8) is 0 Å². The fourth-order valence-electron chi connectivity index (χ4n) is 1.23. The van der Waals surface area contributed by atoms with Gasteiger partial charge in [0.1, 0.15) is 6.61 Å². The van der Waals surface area contributed by atoms with Crippen LogP contribution in [-0.4, -0.2) is 18.7 Å². The van der Waals surface area contributed by atoms with Gasteiger partial charge in [0.15, 0.2) is 0 Å². The predicted octanol–water partition coefficient (Wildman–Crippen LogP) is 4.84. The molecule has 0 fully saturated rings. The minimum atomic E-state index is -0.180. The van der Waals surface area contributed by atoms with Crippen LogP contribution < -0.4 is 0 Å². The summed E-state index contributed by atoms with van der Waals surface area (Å²) in [6.45, 7) is 14.4. The van der Waals surface area contributed by atoms with Gasteiger partial charge in [0.25, 0.3) is 0 Å². The van der Waals surface area contributed by atoms with Gasteiger partial charge in [-0.05, 0) is 12.5 Å². The summed E-state index contributed by atoms with van der Waals surface area (Å²) < 4.78 is 10.7. The van der Waals surface area contributed by atoms with Gasteiger partial charge in [-0.2, -0.15) is 0 Å². The molecule has 0 aliphatic rings. The average Bonchev–Trinajstić information content (AvgIpc) is 2.55. The Morgan fingerprint density at radius 3 is 2.00 bits per heavy atom. The van der Waals surface area contributed by atoms with Crippen LogP contribution in [0.25, 0.3) is 0 Å². The van der Waals surface area contributed by atoms with Gasteiger partial charge in [0.05, 0.1) is 18.6 Å². The van der Waals surface area contributed by atoms with Gasteiger partial charge in [-0.3, -0.25) is 4.79 Å². The molecule has 0 N–H and O–H groups in total. The Morgan fingerprint density at radius 2 is 1.52 bits per heavy atom. The van der Waals surface area contributed by atoms with Crippen molar-refractivity contribution < 1.29 is 14.3 Å². The predicted molar refractivity (Wildman–Crippen MR) is 89.2 cm³/mol. The molecule has 21 heavy (non-hydrogen) atoms. The molecule has 1 unspecified atom stereocenters. The summed E-state index contributed by atoms with van der Waals surface area (Å²) in [6.07, 6.45) is -0.0853. The van der Waals surface area contributed by atoms with E-state index in [0.717, 1.165) is 5.56 Å². The van der Waals surface area contributed by atoms with Crippen molar-refractivity contribution in [2.24, 2.45) is 5.92 Å². The Hall–Kier alpha value is -1.35. The van der Waals surface area contributed by atoms with Crippen molar-refractivity contribution in [3.8, 4) is 0 Å². The van der Waals surface area contributed by atoms with E-state index in [0.29, 0.717) is 13.2 Å². The van der Waals surface area contributed by atoms with Crippen LogP contribution in [0.2, 0.25) is 0 Å². The van der Waals surface area contributed by atoms with Gasteiger partial charge >= 0.3 is 5.97 Å². The first-order valence-electron chi connectivity index (χ1n) is 7.91. The van der Waals surface area contributed by atoms with E-state index in [-0.39, 0.29) is 18.0 Å². The van der Waals surface area contributed by atoms with Crippen molar-refractivity contribution >= 4 is 5.97 Å². The Labute approximate surface area is 130 Å². The molecule has 0 aliphatic carbocycles. The van der Waals surface area contributed by atoms with E-state index in [1.807, 2.05) is 78.8 Å². The number of ether oxygens (including phenoxy) is 2. The van der Waals surface area contributed by atoms with Crippen LogP contribution in [0.4, 0.5) is 0 Å². The van der Waals surface area contributed by atoms with E-state index in [9.17, 15) is 4.79 Å². The molecule has 0 aromatic heterocycles. The molecule has 0 bridgehead atoms.